The first-order chi connectivity index (χ1) is 17.7. The number of aromatic nitrogens is 2. The number of nitrogens with zero attached hydrogens (tertiary/aromatic N) is 5. The van der Waals surface area contributed by atoms with Crippen LogP contribution >= 0.6 is 0 Å². The highest BCUT2D eigenvalue weighted by Gasteiger charge is 2.35. The Labute approximate surface area is 214 Å². The summed E-state index contributed by atoms with van der Waals surface area (Å²) in [5.74, 6) is 0.772. The fourth-order valence-electron chi connectivity index (χ4n) is 5.80. The Balaban J connectivity index is 1.20. The van der Waals surface area contributed by atoms with Crippen LogP contribution in [0.15, 0.2) is 67.1 Å². The van der Waals surface area contributed by atoms with Crippen LogP contribution in [0, 0.1) is 17.2 Å². The summed E-state index contributed by atoms with van der Waals surface area (Å²) in [5, 5.41) is 9.02. The van der Waals surface area contributed by atoms with Crippen molar-refractivity contribution in [2.45, 2.75) is 51.1 Å². The fraction of sp³-hybridized carbons (Fsp3) is 0.433. The number of hydrogen-bond donors (Lipinski definition) is 0. The molecule has 1 aliphatic carbocycles. The minimum Gasteiger partial charge on any atom is -0.340 e. The minimum atomic E-state index is -0.00750. The number of rotatable bonds is 7. The van der Waals surface area contributed by atoms with E-state index in [0.717, 1.165) is 57.7 Å². The quantitative estimate of drug-likeness (QED) is 0.486. The van der Waals surface area contributed by atoms with Gasteiger partial charge in [0.15, 0.2) is 0 Å². The Morgan fingerprint density at radius 2 is 1.67 bits per heavy atom. The molecule has 0 bridgehead atoms. The lowest BCUT2D eigenvalue weighted by atomic mass is 9.76. The lowest BCUT2D eigenvalue weighted by Gasteiger charge is -2.39. The molecule has 0 spiro atoms. The van der Waals surface area contributed by atoms with Gasteiger partial charge in [0, 0.05) is 45.5 Å². The highest BCUT2D eigenvalue weighted by Crippen LogP contribution is 2.37. The van der Waals surface area contributed by atoms with Gasteiger partial charge in [-0.05, 0) is 42.0 Å². The van der Waals surface area contributed by atoms with E-state index in [9.17, 15) is 4.79 Å². The summed E-state index contributed by atoms with van der Waals surface area (Å²) >= 11 is 0. The number of carbonyl (C=O) groups is 1. The van der Waals surface area contributed by atoms with E-state index in [1.165, 1.54) is 30.5 Å². The van der Waals surface area contributed by atoms with Gasteiger partial charge in [0.2, 0.25) is 5.91 Å². The highest BCUT2D eigenvalue weighted by molar-refractivity contribution is 5.84. The molecule has 1 unspecified atom stereocenters. The van der Waals surface area contributed by atoms with E-state index in [4.69, 9.17) is 5.26 Å². The molecule has 6 nitrogen and oxygen atoms in total. The molecule has 5 rings (SSSR count). The first-order valence-electron chi connectivity index (χ1n) is 13.3. The maximum absolute atomic E-state index is 13.8. The average Bonchev–Trinajstić information content (AvgIpc) is 3.37. The third-order valence-corrected chi connectivity index (χ3v) is 7.85. The Morgan fingerprint density at radius 3 is 2.36 bits per heavy atom. The summed E-state index contributed by atoms with van der Waals surface area (Å²) in [6.45, 7) is 4.86. The zero-order valence-electron chi connectivity index (χ0n) is 20.9. The van der Waals surface area contributed by atoms with E-state index in [1.54, 1.807) is 0 Å². The highest BCUT2D eigenvalue weighted by atomic mass is 16.2. The predicted molar refractivity (Wildman–Crippen MR) is 140 cm³/mol. The van der Waals surface area contributed by atoms with E-state index >= 15 is 0 Å². The average molecular weight is 482 g/mol. The molecular weight excluding hydrogens is 446 g/mol. The lowest BCUT2D eigenvalue weighted by molar-refractivity contribution is -0.136. The van der Waals surface area contributed by atoms with Crippen LogP contribution in [0.5, 0.6) is 0 Å². The van der Waals surface area contributed by atoms with Crippen molar-refractivity contribution in [1.29, 1.82) is 5.26 Å². The fourth-order valence-corrected chi connectivity index (χ4v) is 5.80. The second-order valence-corrected chi connectivity index (χ2v) is 10.2. The normalized spacial score (nSPS) is 18.0. The molecule has 36 heavy (non-hydrogen) atoms. The number of piperazine rings is 1. The summed E-state index contributed by atoms with van der Waals surface area (Å²) < 4.78 is 2.17. The van der Waals surface area contributed by atoms with Crippen LogP contribution in [0.25, 0.3) is 0 Å². The van der Waals surface area contributed by atoms with Gasteiger partial charge in [-0.3, -0.25) is 9.69 Å². The molecule has 0 N–H and O–H groups in total. The summed E-state index contributed by atoms with van der Waals surface area (Å²) in [6.07, 6.45) is 9.92. The van der Waals surface area contributed by atoms with Crippen LogP contribution in [0.2, 0.25) is 0 Å². The topological polar surface area (TPSA) is 65.2 Å². The maximum atomic E-state index is 13.8. The molecule has 2 heterocycles. The minimum absolute atomic E-state index is 0.00750. The molecule has 3 aromatic rings. The first-order valence-corrected chi connectivity index (χ1v) is 13.3. The Bertz CT molecular complexity index is 1170. The number of carbonyl (C=O) groups excluding carboxylic acids is 1. The van der Waals surface area contributed by atoms with Crippen molar-refractivity contribution < 1.29 is 4.79 Å². The lowest BCUT2D eigenvalue weighted by Crippen LogP contribution is -2.50. The second kappa shape index (κ2) is 11.5. The van der Waals surface area contributed by atoms with Gasteiger partial charge in [0.05, 0.1) is 29.6 Å². The third-order valence-electron chi connectivity index (χ3n) is 7.85. The second-order valence-electron chi connectivity index (χ2n) is 10.2. The van der Waals surface area contributed by atoms with Gasteiger partial charge in [-0.15, -0.1) is 0 Å². The molecule has 1 amide bonds. The summed E-state index contributed by atoms with van der Waals surface area (Å²) in [4.78, 5) is 22.7. The Morgan fingerprint density at radius 1 is 0.944 bits per heavy atom. The van der Waals surface area contributed by atoms with Gasteiger partial charge < -0.3 is 9.47 Å². The number of imidazole rings is 1. The SMILES string of the molecule is N#Cc1ccc(Cn2cncc2CN2CCN(C(=O)C(c3ccccc3)C3CCCCC3)CC2)cc1. The smallest absolute Gasteiger partial charge is 0.230 e. The zero-order chi connectivity index (χ0) is 24.7. The first kappa shape index (κ1) is 24.3. The van der Waals surface area contributed by atoms with E-state index in [-0.39, 0.29) is 5.92 Å². The zero-order valence-corrected chi connectivity index (χ0v) is 20.9. The Kier molecular flexibility index (Phi) is 7.78. The van der Waals surface area contributed by atoms with Crippen LogP contribution in [-0.4, -0.2) is 51.4 Å². The van der Waals surface area contributed by atoms with Crippen LogP contribution in [0.4, 0.5) is 0 Å². The molecule has 186 valence electrons. The Hall–Kier alpha value is -3.43. The molecule has 2 aromatic carbocycles. The molecule has 1 aromatic heterocycles. The molecular formula is C30H35N5O. The van der Waals surface area contributed by atoms with Crippen molar-refractivity contribution >= 4 is 5.91 Å². The van der Waals surface area contributed by atoms with E-state index in [1.807, 2.05) is 42.9 Å². The molecule has 6 heteroatoms. The summed E-state index contributed by atoms with van der Waals surface area (Å²) in [6, 6.07) is 20.3. The molecule has 1 aliphatic heterocycles. The molecule has 0 radical (unpaired) electrons. The van der Waals surface area contributed by atoms with Crippen LogP contribution < -0.4 is 0 Å². The molecule has 1 saturated heterocycles. The van der Waals surface area contributed by atoms with Crippen molar-refractivity contribution in [3.8, 4) is 6.07 Å². The van der Waals surface area contributed by atoms with Gasteiger partial charge in [0.25, 0.3) is 0 Å². The third kappa shape index (κ3) is 5.68. The molecule has 1 saturated carbocycles. The van der Waals surface area contributed by atoms with Crippen molar-refractivity contribution in [3.05, 3.63) is 89.5 Å². The van der Waals surface area contributed by atoms with Gasteiger partial charge in [0.1, 0.15) is 0 Å². The monoisotopic (exact) mass is 481 g/mol. The predicted octanol–water partition coefficient (Wildman–Crippen LogP) is 4.81. The van der Waals surface area contributed by atoms with Gasteiger partial charge in [-0.25, -0.2) is 4.98 Å². The molecule has 2 fully saturated rings. The van der Waals surface area contributed by atoms with E-state index in [2.05, 4.69) is 49.7 Å². The van der Waals surface area contributed by atoms with Crippen LogP contribution in [-0.2, 0) is 17.9 Å². The molecule has 2 aliphatic rings. The number of benzene rings is 2. The summed E-state index contributed by atoms with van der Waals surface area (Å²) in [7, 11) is 0. The van der Waals surface area contributed by atoms with Gasteiger partial charge in [-0.2, -0.15) is 5.26 Å². The van der Waals surface area contributed by atoms with Crippen molar-refractivity contribution in [2.24, 2.45) is 5.92 Å². The maximum Gasteiger partial charge on any atom is 0.230 e. The van der Waals surface area contributed by atoms with Gasteiger partial charge >= 0.3 is 0 Å². The standard InChI is InChI=1S/C30H35N5O/c31-19-24-11-13-25(14-12-24)21-35-23-32-20-28(35)22-33-15-17-34(18-16-33)30(36)29(26-7-3-1-4-8-26)27-9-5-2-6-10-27/h1,3-4,7-8,11-14,20,23,27,29H,2,5-6,9-10,15-18,21-22H2. The van der Waals surface area contributed by atoms with Crippen LogP contribution in [0.1, 0.15) is 60.4 Å². The number of hydrogen-bond acceptors (Lipinski definition) is 4. The number of nitriles is 1. The van der Waals surface area contributed by atoms with E-state index in [0.29, 0.717) is 17.4 Å². The summed E-state index contributed by atoms with van der Waals surface area (Å²) in [5.41, 5.74) is 4.18. The van der Waals surface area contributed by atoms with Crippen molar-refractivity contribution in [2.75, 3.05) is 26.2 Å². The van der Waals surface area contributed by atoms with Gasteiger partial charge in [-0.1, -0.05) is 61.7 Å². The van der Waals surface area contributed by atoms with Crippen molar-refractivity contribution in [1.82, 2.24) is 19.4 Å². The molecule has 1 atom stereocenters. The van der Waals surface area contributed by atoms with E-state index < -0.39 is 0 Å². The van der Waals surface area contributed by atoms with Crippen molar-refractivity contribution in [3.63, 3.8) is 0 Å². The number of amides is 1. The van der Waals surface area contributed by atoms with Crippen LogP contribution in [0.3, 0.4) is 0 Å². The largest absolute Gasteiger partial charge is 0.340 e.